The summed E-state index contributed by atoms with van der Waals surface area (Å²) in [6.07, 6.45) is 1.92. The highest BCUT2D eigenvalue weighted by atomic mass is 16.6. The summed E-state index contributed by atoms with van der Waals surface area (Å²) in [4.78, 5) is 37.0. The molecule has 1 aromatic heterocycles. The van der Waals surface area contributed by atoms with Gasteiger partial charge in [-0.1, -0.05) is 24.3 Å². The highest BCUT2D eigenvalue weighted by Crippen LogP contribution is 2.37. The quantitative estimate of drug-likeness (QED) is 0.413. The van der Waals surface area contributed by atoms with Gasteiger partial charge in [0, 0.05) is 42.7 Å². The predicted octanol–water partition coefficient (Wildman–Crippen LogP) is 3.13. The van der Waals surface area contributed by atoms with Crippen molar-refractivity contribution in [2.45, 2.75) is 12.3 Å². The molecule has 1 aliphatic heterocycles. The lowest BCUT2D eigenvalue weighted by molar-refractivity contribution is -0.384. The average molecular weight is 349 g/mol. The highest BCUT2D eigenvalue weighted by molar-refractivity contribution is 6.23. The summed E-state index contributed by atoms with van der Waals surface area (Å²) in [6, 6.07) is 13.3. The fourth-order valence-electron chi connectivity index (χ4n) is 3.54. The second-order valence-corrected chi connectivity index (χ2v) is 6.31. The highest BCUT2D eigenvalue weighted by Gasteiger charge is 2.41. The molecule has 1 aliphatic rings. The van der Waals surface area contributed by atoms with Crippen molar-refractivity contribution in [3.63, 3.8) is 0 Å². The Morgan fingerprint density at radius 1 is 1.12 bits per heavy atom. The van der Waals surface area contributed by atoms with Crippen LogP contribution in [0.3, 0.4) is 0 Å². The second-order valence-electron chi connectivity index (χ2n) is 6.31. The zero-order valence-electron chi connectivity index (χ0n) is 14.0. The molecule has 0 spiro atoms. The maximum absolute atomic E-state index is 13.0. The van der Waals surface area contributed by atoms with Gasteiger partial charge >= 0.3 is 0 Å². The third-order valence-corrected chi connectivity index (χ3v) is 4.75. The third kappa shape index (κ3) is 2.36. The molecule has 1 fully saturated rings. The molecule has 0 saturated carbocycles. The van der Waals surface area contributed by atoms with E-state index in [1.165, 1.54) is 24.3 Å². The first kappa shape index (κ1) is 16.0. The number of aryl methyl sites for hydroxylation is 1. The van der Waals surface area contributed by atoms with E-state index in [2.05, 4.69) is 0 Å². The normalized spacial score (nSPS) is 17.3. The van der Waals surface area contributed by atoms with Crippen LogP contribution >= 0.6 is 0 Å². The van der Waals surface area contributed by atoms with Crippen molar-refractivity contribution in [3.05, 3.63) is 70.4 Å². The summed E-state index contributed by atoms with van der Waals surface area (Å²) >= 11 is 0. The largest absolute Gasteiger partial charge is 0.350 e. The second kappa shape index (κ2) is 5.80. The number of nitro groups is 1. The lowest BCUT2D eigenvalue weighted by atomic mass is 9.97. The Morgan fingerprint density at radius 2 is 1.88 bits per heavy atom. The monoisotopic (exact) mass is 349 g/mol. The number of fused-ring (bicyclic) bond motifs is 1. The standard InChI is InChI=1S/C19H15N3O4/c1-20-11-16(14-7-2-3-8-17(14)20)15-10-18(23)21(19(15)24)12-5-4-6-13(9-12)22(25)26/h2-9,11,15H,10H2,1H3/t15-/m0/s1. The number of rotatable bonds is 3. The fraction of sp³-hybridized carbons (Fsp3) is 0.158. The topological polar surface area (TPSA) is 85.4 Å². The van der Waals surface area contributed by atoms with Gasteiger partial charge in [0.15, 0.2) is 0 Å². The summed E-state index contributed by atoms with van der Waals surface area (Å²) < 4.78 is 1.93. The first-order chi connectivity index (χ1) is 12.5. The SMILES string of the molecule is Cn1cc([C@@H]2CC(=O)N(c3cccc([N+](=O)[O-])c3)C2=O)c2ccccc21. The Hall–Kier alpha value is -3.48. The number of anilines is 1. The Kier molecular flexibility index (Phi) is 3.57. The Balaban J connectivity index is 1.76. The number of hydrogen-bond donors (Lipinski definition) is 0. The number of benzene rings is 2. The zero-order valence-corrected chi connectivity index (χ0v) is 14.0. The predicted molar refractivity (Wildman–Crippen MR) is 95.9 cm³/mol. The van der Waals surface area contributed by atoms with Crippen LogP contribution < -0.4 is 4.90 Å². The molecule has 26 heavy (non-hydrogen) atoms. The molecule has 2 amide bonds. The van der Waals surface area contributed by atoms with Crippen LogP contribution in [0.15, 0.2) is 54.7 Å². The van der Waals surface area contributed by atoms with Crippen LogP contribution in [0.4, 0.5) is 11.4 Å². The summed E-state index contributed by atoms with van der Waals surface area (Å²) in [5, 5.41) is 11.9. The number of nitro benzene ring substituents is 1. The van der Waals surface area contributed by atoms with E-state index in [1.54, 1.807) is 0 Å². The molecule has 1 atom stereocenters. The van der Waals surface area contributed by atoms with Crippen molar-refractivity contribution in [2.24, 2.45) is 7.05 Å². The van der Waals surface area contributed by atoms with E-state index in [0.717, 1.165) is 21.4 Å². The fourth-order valence-corrected chi connectivity index (χ4v) is 3.54. The van der Waals surface area contributed by atoms with Gasteiger partial charge in [0.1, 0.15) is 0 Å². The molecule has 7 heteroatoms. The molecule has 2 aromatic carbocycles. The number of para-hydroxylation sites is 1. The van der Waals surface area contributed by atoms with E-state index in [9.17, 15) is 19.7 Å². The van der Waals surface area contributed by atoms with E-state index in [1.807, 2.05) is 42.1 Å². The number of hydrogen-bond acceptors (Lipinski definition) is 4. The van der Waals surface area contributed by atoms with Crippen molar-refractivity contribution in [2.75, 3.05) is 4.90 Å². The number of amides is 2. The number of nitrogens with zero attached hydrogens (tertiary/aromatic N) is 3. The van der Waals surface area contributed by atoms with Gasteiger partial charge in [-0.2, -0.15) is 0 Å². The first-order valence-electron chi connectivity index (χ1n) is 8.12. The van der Waals surface area contributed by atoms with Gasteiger partial charge in [-0.05, 0) is 17.7 Å². The average Bonchev–Trinajstić information content (AvgIpc) is 3.12. The van der Waals surface area contributed by atoms with Crippen LogP contribution in [0.25, 0.3) is 10.9 Å². The minimum atomic E-state index is -0.590. The molecule has 0 bridgehead atoms. The minimum absolute atomic E-state index is 0.0511. The molecule has 0 radical (unpaired) electrons. The van der Waals surface area contributed by atoms with E-state index in [-0.39, 0.29) is 29.6 Å². The molecule has 0 N–H and O–H groups in total. The Labute approximate surface area is 148 Å². The molecule has 7 nitrogen and oxygen atoms in total. The Morgan fingerprint density at radius 3 is 2.65 bits per heavy atom. The number of imide groups is 1. The lowest BCUT2D eigenvalue weighted by Gasteiger charge is -2.14. The summed E-state index contributed by atoms with van der Waals surface area (Å²) in [5.74, 6) is -1.30. The van der Waals surface area contributed by atoms with Crippen molar-refractivity contribution < 1.29 is 14.5 Å². The number of aromatic nitrogens is 1. The summed E-state index contributed by atoms with van der Waals surface area (Å²) in [6.45, 7) is 0. The van der Waals surface area contributed by atoms with E-state index in [4.69, 9.17) is 0 Å². The van der Waals surface area contributed by atoms with Gasteiger partial charge in [-0.15, -0.1) is 0 Å². The van der Waals surface area contributed by atoms with Crippen molar-refractivity contribution in [1.29, 1.82) is 0 Å². The minimum Gasteiger partial charge on any atom is -0.350 e. The molecule has 4 rings (SSSR count). The van der Waals surface area contributed by atoms with Gasteiger partial charge in [0.2, 0.25) is 11.8 Å². The van der Waals surface area contributed by atoms with Gasteiger partial charge < -0.3 is 4.57 Å². The zero-order chi connectivity index (χ0) is 18.4. The maximum Gasteiger partial charge on any atom is 0.271 e. The molecule has 0 aliphatic carbocycles. The smallest absolute Gasteiger partial charge is 0.271 e. The van der Waals surface area contributed by atoms with Gasteiger partial charge in [0.25, 0.3) is 5.69 Å². The number of carbonyl (C=O) groups is 2. The van der Waals surface area contributed by atoms with Crippen molar-refractivity contribution >= 4 is 34.1 Å². The lowest BCUT2D eigenvalue weighted by Crippen LogP contribution is -2.30. The van der Waals surface area contributed by atoms with Crippen LogP contribution in [0, 0.1) is 10.1 Å². The first-order valence-corrected chi connectivity index (χ1v) is 8.12. The van der Waals surface area contributed by atoms with E-state index < -0.39 is 10.8 Å². The molecule has 0 unspecified atom stereocenters. The van der Waals surface area contributed by atoms with Gasteiger partial charge in [-0.3, -0.25) is 19.7 Å². The molecule has 2 heterocycles. The molecule has 3 aromatic rings. The van der Waals surface area contributed by atoms with Crippen LogP contribution in [0.2, 0.25) is 0 Å². The molecule has 130 valence electrons. The van der Waals surface area contributed by atoms with E-state index in [0.29, 0.717) is 0 Å². The third-order valence-electron chi connectivity index (χ3n) is 4.75. The van der Waals surface area contributed by atoms with Gasteiger partial charge in [-0.25, -0.2) is 4.90 Å². The number of carbonyl (C=O) groups excluding carboxylic acids is 2. The van der Waals surface area contributed by atoms with Crippen LogP contribution in [-0.2, 0) is 16.6 Å². The summed E-state index contributed by atoms with van der Waals surface area (Å²) in [5.41, 5.74) is 1.86. The summed E-state index contributed by atoms with van der Waals surface area (Å²) in [7, 11) is 1.89. The van der Waals surface area contributed by atoms with E-state index >= 15 is 0 Å². The van der Waals surface area contributed by atoms with Crippen LogP contribution in [0.5, 0.6) is 0 Å². The molecular formula is C19H15N3O4. The van der Waals surface area contributed by atoms with Crippen LogP contribution in [0.1, 0.15) is 17.9 Å². The van der Waals surface area contributed by atoms with Crippen molar-refractivity contribution in [3.8, 4) is 0 Å². The molecular weight excluding hydrogens is 334 g/mol. The molecule has 1 saturated heterocycles. The maximum atomic E-state index is 13.0. The van der Waals surface area contributed by atoms with Gasteiger partial charge in [0.05, 0.1) is 16.5 Å². The number of non-ortho nitro benzene ring substituents is 1. The van der Waals surface area contributed by atoms with Crippen molar-refractivity contribution in [1.82, 2.24) is 4.57 Å². The van der Waals surface area contributed by atoms with Crippen LogP contribution in [-0.4, -0.2) is 21.3 Å². The Bertz CT molecular complexity index is 1070.